The number of fused-ring (bicyclic) bond motifs is 1. The number of aliphatic hydroxyl groups excluding tert-OH is 1. The number of hydrogen-bond donors (Lipinski definition) is 1. The van der Waals surface area contributed by atoms with Crippen molar-refractivity contribution in [3.63, 3.8) is 0 Å². The average Bonchev–Trinajstić information content (AvgIpc) is 3.17. The summed E-state index contributed by atoms with van der Waals surface area (Å²) in [6.07, 6.45) is 3.24. The molecule has 1 atom stereocenters. The van der Waals surface area contributed by atoms with E-state index in [-0.39, 0.29) is 11.3 Å². The number of amides is 1. The second-order valence-corrected chi connectivity index (χ2v) is 9.18. The summed E-state index contributed by atoms with van der Waals surface area (Å²) in [5.41, 5.74) is 1.68. The number of hydrogen-bond acceptors (Lipinski definition) is 5. The van der Waals surface area contributed by atoms with Gasteiger partial charge in [0, 0.05) is 23.3 Å². The zero-order valence-corrected chi connectivity index (χ0v) is 20.1. The zero-order chi connectivity index (χ0) is 25.2. The van der Waals surface area contributed by atoms with Crippen LogP contribution in [0.5, 0.6) is 5.75 Å². The predicted octanol–water partition coefficient (Wildman–Crippen LogP) is 5.90. The van der Waals surface area contributed by atoms with Crippen LogP contribution in [0.25, 0.3) is 16.5 Å². The molecule has 4 aromatic rings. The van der Waals surface area contributed by atoms with Crippen LogP contribution in [0.15, 0.2) is 96.8 Å². The Morgan fingerprint density at radius 3 is 2.44 bits per heavy atom. The smallest absolute Gasteiger partial charge is 0.300 e. The molecular weight excluding hydrogens is 452 g/mol. The van der Waals surface area contributed by atoms with E-state index in [0.29, 0.717) is 35.1 Å². The number of anilines is 1. The molecule has 1 saturated heterocycles. The third kappa shape index (κ3) is 4.22. The molecular formula is C30H26N2O4. The largest absolute Gasteiger partial charge is 0.507 e. The van der Waals surface area contributed by atoms with Crippen LogP contribution in [0, 0.1) is 5.92 Å². The van der Waals surface area contributed by atoms with Gasteiger partial charge in [-0.25, -0.2) is 0 Å². The zero-order valence-electron chi connectivity index (χ0n) is 20.1. The van der Waals surface area contributed by atoms with Gasteiger partial charge in [-0.2, -0.15) is 0 Å². The first kappa shape index (κ1) is 23.3. The Labute approximate surface area is 209 Å². The van der Waals surface area contributed by atoms with E-state index in [0.717, 1.165) is 10.8 Å². The predicted molar refractivity (Wildman–Crippen MR) is 140 cm³/mol. The number of ketones is 1. The van der Waals surface area contributed by atoms with E-state index in [1.165, 1.54) is 4.90 Å². The third-order valence-corrected chi connectivity index (χ3v) is 6.18. The molecule has 5 rings (SSSR count). The number of carbonyl (C=O) groups is 2. The van der Waals surface area contributed by atoms with Gasteiger partial charge in [0.2, 0.25) is 0 Å². The fraction of sp³-hybridized carbons (Fsp3) is 0.167. The van der Waals surface area contributed by atoms with Crippen LogP contribution >= 0.6 is 0 Å². The van der Waals surface area contributed by atoms with E-state index in [1.807, 2.05) is 42.5 Å². The van der Waals surface area contributed by atoms with Crippen molar-refractivity contribution >= 4 is 33.9 Å². The Hall–Kier alpha value is -4.45. The van der Waals surface area contributed by atoms with E-state index < -0.39 is 17.7 Å². The minimum atomic E-state index is -0.832. The van der Waals surface area contributed by atoms with Crippen LogP contribution < -0.4 is 9.64 Å². The number of ether oxygens (including phenoxy) is 1. The molecule has 180 valence electrons. The molecule has 0 bridgehead atoms. The molecule has 1 fully saturated rings. The molecule has 0 aliphatic carbocycles. The topological polar surface area (TPSA) is 79.7 Å². The fourth-order valence-electron chi connectivity index (χ4n) is 4.48. The minimum Gasteiger partial charge on any atom is -0.507 e. The van der Waals surface area contributed by atoms with Crippen LogP contribution in [0.3, 0.4) is 0 Å². The summed E-state index contributed by atoms with van der Waals surface area (Å²) in [5, 5.41) is 13.1. The van der Waals surface area contributed by atoms with Crippen molar-refractivity contribution in [3.8, 4) is 5.75 Å². The summed E-state index contributed by atoms with van der Waals surface area (Å²) < 4.78 is 5.74. The molecule has 1 aromatic heterocycles. The maximum atomic E-state index is 13.5. The Morgan fingerprint density at radius 1 is 0.972 bits per heavy atom. The molecule has 1 aliphatic rings. The summed E-state index contributed by atoms with van der Waals surface area (Å²) in [5.74, 6) is -0.628. The number of nitrogens with zero attached hydrogens (tertiary/aromatic N) is 2. The summed E-state index contributed by atoms with van der Waals surface area (Å²) in [4.78, 5) is 32.6. The van der Waals surface area contributed by atoms with Crippen LogP contribution in [-0.4, -0.2) is 28.4 Å². The van der Waals surface area contributed by atoms with E-state index in [1.54, 1.807) is 48.8 Å². The second-order valence-electron chi connectivity index (χ2n) is 9.18. The first-order chi connectivity index (χ1) is 17.5. The first-order valence-electron chi connectivity index (χ1n) is 11.9. The Balaban J connectivity index is 1.65. The lowest BCUT2D eigenvalue weighted by Gasteiger charge is -2.26. The number of Topliss-reactive ketones (excluding diaryl/α,β-unsaturated/α-hetero) is 1. The average molecular weight is 479 g/mol. The normalized spacial score (nSPS) is 17.2. The summed E-state index contributed by atoms with van der Waals surface area (Å²) >= 11 is 0. The Kier molecular flexibility index (Phi) is 6.25. The lowest BCUT2D eigenvalue weighted by molar-refractivity contribution is -0.132. The highest BCUT2D eigenvalue weighted by molar-refractivity contribution is 6.52. The summed E-state index contributed by atoms with van der Waals surface area (Å²) in [6.45, 7) is 4.70. The molecule has 6 nitrogen and oxygen atoms in total. The molecule has 1 unspecified atom stereocenters. The number of aliphatic hydroxyl groups is 1. The summed E-state index contributed by atoms with van der Waals surface area (Å²) in [6, 6.07) is 22.9. The maximum Gasteiger partial charge on any atom is 0.300 e. The fourth-order valence-corrected chi connectivity index (χ4v) is 4.48. The molecule has 1 N–H and O–H groups in total. The van der Waals surface area contributed by atoms with E-state index >= 15 is 0 Å². The SMILES string of the molecule is CC(C)COc1ccc(/C(O)=C2\C(=O)C(=O)N(c3cccc4ccccc34)C2c2cccnc2)cc1. The van der Waals surface area contributed by atoms with Gasteiger partial charge in [0.15, 0.2) is 0 Å². The van der Waals surface area contributed by atoms with Gasteiger partial charge in [-0.1, -0.05) is 56.3 Å². The highest BCUT2D eigenvalue weighted by atomic mass is 16.5. The molecule has 1 aliphatic heterocycles. The first-order valence-corrected chi connectivity index (χ1v) is 11.9. The highest BCUT2D eigenvalue weighted by Gasteiger charge is 2.47. The van der Waals surface area contributed by atoms with E-state index in [9.17, 15) is 14.7 Å². The van der Waals surface area contributed by atoms with Crippen molar-refractivity contribution in [1.29, 1.82) is 0 Å². The molecule has 1 amide bonds. The Bertz CT molecular complexity index is 1450. The van der Waals surface area contributed by atoms with Crippen molar-refractivity contribution in [3.05, 3.63) is 108 Å². The lowest BCUT2D eigenvalue weighted by atomic mass is 9.96. The molecule has 2 heterocycles. The quantitative estimate of drug-likeness (QED) is 0.212. The monoisotopic (exact) mass is 478 g/mol. The van der Waals surface area contributed by atoms with E-state index in [4.69, 9.17) is 4.74 Å². The number of benzene rings is 3. The summed E-state index contributed by atoms with van der Waals surface area (Å²) in [7, 11) is 0. The third-order valence-electron chi connectivity index (χ3n) is 6.18. The van der Waals surface area contributed by atoms with Gasteiger partial charge < -0.3 is 9.84 Å². The number of carbonyl (C=O) groups excluding carboxylic acids is 2. The van der Waals surface area contributed by atoms with Gasteiger partial charge >= 0.3 is 0 Å². The number of pyridine rings is 1. The highest BCUT2D eigenvalue weighted by Crippen LogP contribution is 2.44. The van der Waals surface area contributed by atoms with Crippen LogP contribution in [-0.2, 0) is 9.59 Å². The lowest BCUT2D eigenvalue weighted by Crippen LogP contribution is -2.29. The van der Waals surface area contributed by atoms with Gasteiger partial charge in [-0.05, 0) is 53.3 Å². The van der Waals surface area contributed by atoms with Crippen molar-refractivity contribution in [1.82, 2.24) is 4.98 Å². The van der Waals surface area contributed by atoms with Crippen molar-refractivity contribution in [2.75, 3.05) is 11.5 Å². The van der Waals surface area contributed by atoms with Crippen molar-refractivity contribution in [2.45, 2.75) is 19.9 Å². The number of aromatic nitrogens is 1. The second kappa shape index (κ2) is 9.66. The molecule has 0 saturated carbocycles. The van der Waals surface area contributed by atoms with Crippen molar-refractivity contribution in [2.24, 2.45) is 5.92 Å². The Morgan fingerprint density at radius 2 is 1.72 bits per heavy atom. The molecule has 3 aromatic carbocycles. The van der Waals surface area contributed by atoms with Crippen LogP contribution in [0.4, 0.5) is 5.69 Å². The van der Waals surface area contributed by atoms with Gasteiger partial charge in [-0.15, -0.1) is 0 Å². The van der Waals surface area contributed by atoms with Crippen LogP contribution in [0.1, 0.15) is 31.0 Å². The van der Waals surface area contributed by atoms with Crippen LogP contribution in [0.2, 0.25) is 0 Å². The maximum absolute atomic E-state index is 13.5. The molecule has 0 radical (unpaired) electrons. The molecule has 6 heteroatoms. The van der Waals surface area contributed by atoms with Gasteiger partial charge in [-0.3, -0.25) is 19.5 Å². The molecule has 0 spiro atoms. The van der Waals surface area contributed by atoms with Gasteiger partial charge in [0.25, 0.3) is 11.7 Å². The van der Waals surface area contributed by atoms with Gasteiger partial charge in [0.1, 0.15) is 11.5 Å². The van der Waals surface area contributed by atoms with Crippen molar-refractivity contribution < 1.29 is 19.4 Å². The minimum absolute atomic E-state index is 0.0248. The van der Waals surface area contributed by atoms with E-state index in [2.05, 4.69) is 18.8 Å². The molecule has 36 heavy (non-hydrogen) atoms. The standard InChI is InChI=1S/C30H26N2O4/c1-19(2)18-36-23-14-12-21(13-15-23)28(33)26-27(22-9-6-16-31-17-22)32(30(35)29(26)34)25-11-5-8-20-7-3-4-10-24(20)25/h3-17,19,27,33H,18H2,1-2H3/b28-26+. The van der Waals surface area contributed by atoms with Gasteiger partial charge in [0.05, 0.1) is 23.9 Å². The number of rotatable bonds is 6.